The van der Waals surface area contributed by atoms with Crippen LogP contribution in [-0.2, 0) is 0 Å². The van der Waals surface area contributed by atoms with E-state index in [4.69, 9.17) is 9.47 Å². The summed E-state index contributed by atoms with van der Waals surface area (Å²) in [4.78, 5) is 13.1. The Hall–Kier alpha value is -3.33. The number of ether oxygens (including phenoxy) is 2. The number of hydrogen-bond donors (Lipinski definition) is 0. The summed E-state index contributed by atoms with van der Waals surface area (Å²) in [7, 11) is 3.22. The summed E-state index contributed by atoms with van der Waals surface area (Å²) in [5.41, 5.74) is 4.63. The number of rotatable bonds is 4. The Morgan fingerprint density at radius 3 is 2.26 bits per heavy atom. The predicted molar refractivity (Wildman–Crippen MR) is 107 cm³/mol. The Balaban J connectivity index is 1.86. The van der Waals surface area contributed by atoms with Gasteiger partial charge < -0.3 is 9.47 Å². The Morgan fingerprint density at radius 2 is 1.52 bits per heavy atom. The van der Waals surface area contributed by atoms with Crippen molar-refractivity contribution in [1.82, 2.24) is 0 Å². The summed E-state index contributed by atoms with van der Waals surface area (Å²) in [6, 6.07) is 23.7. The average Bonchev–Trinajstić information content (AvgIpc) is 3.00. The second-order valence-electron chi connectivity index (χ2n) is 6.47. The standard InChI is InChI=1S/C24H20O3/c1-26-21-13-12-16(15-22(21)27-2)14-20-23(17-8-4-3-5-9-17)18-10-6-7-11-19(18)24(20)25/h3-15,23H,1-2H3/b20-14-. The van der Waals surface area contributed by atoms with Crippen molar-refractivity contribution < 1.29 is 14.3 Å². The van der Waals surface area contributed by atoms with Crippen LogP contribution < -0.4 is 9.47 Å². The van der Waals surface area contributed by atoms with Crippen LogP contribution >= 0.6 is 0 Å². The van der Waals surface area contributed by atoms with E-state index in [-0.39, 0.29) is 11.7 Å². The van der Waals surface area contributed by atoms with Crippen molar-refractivity contribution in [3.05, 3.63) is 101 Å². The third kappa shape index (κ3) is 3.02. The van der Waals surface area contributed by atoms with Gasteiger partial charge in [0.15, 0.2) is 17.3 Å². The topological polar surface area (TPSA) is 35.5 Å². The number of benzene rings is 3. The van der Waals surface area contributed by atoms with Gasteiger partial charge in [-0.05, 0) is 34.9 Å². The molecule has 0 saturated carbocycles. The molecule has 1 aliphatic carbocycles. The maximum atomic E-state index is 13.1. The van der Waals surface area contributed by atoms with Crippen LogP contribution in [-0.4, -0.2) is 20.0 Å². The van der Waals surface area contributed by atoms with Gasteiger partial charge in [0.2, 0.25) is 0 Å². The van der Waals surface area contributed by atoms with Crippen LogP contribution in [0.25, 0.3) is 6.08 Å². The molecule has 0 radical (unpaired) electrons. The third-order valence-corrected chi connectivity index (χ3v) is 4.95. The maximum Gasteiger partial charge on any atom is 0.190 e. The number of carbonyl (C=O) groups is 1. The van der Waals surface area contributed by atoms with Gasteiger partial charge in [-0.2, -0.15) is 0 Å². The predicted octanol–water partition coefficient (Wildman–Crippen LogP) is 5.12. The third-order valence-electron chi connectivity index (χ3n) is 4.95. The molecule has 27 heavy (non-hydrogen) atoms. The molecule has 4 rings (SSSR count). The number of hydrogen-bond acceptors (Lipinski definition) is 3. The molecule has 3 aromatic rings. The van der Waals surface area contributed by atoms with Gasteiger partial charge in [-0.25, -0.2) is 0 Å². The summed E-state index contributed by atoms with van der Waals surface area (Å²) >= 11 is 0. The van der Waals surface area contributed by atoms with Crippen LogP contribution in [0.5, 0.6) is 11.5 Å². The monoisotopic (exact) mass is 356 g/mol. The molecular formula is C24H20O3. The van der Waals surface area contributed by atoms with Crippen molar-refractivity contribution in [1.29, 1.82) is 0 Å². The van der Waals surface area contributed by atoms with E-state index in [0.717, 1.165) is 27.8 Å². The van der Waals surface area contributed by atoms with E-state index in [9.17, 15) is 4.79 Å². The minimum atomic E-state index is -0.0667. The van der Waals surface area contributed by atoms with Gasteiger partial charge in [0.25, 0.3) is 0 Å². The lowest BCUT2D eigenvalue weighted by atomic mass is 9.89. The Morgan fingerprint density at radius 1 is 0.815 bits per heavy atom. The molecule has 3 heteroatoms. The van der Waals surface area contributed by atoms with Crippen LogP contribution in [0, 0.1) is 0 Å². The average molecular weight is 356 g/mol. The number of Topliss-reactive ketones (excluding diaryl/α,β-unsaturated/α-hetero) is 1. The zero-order chi connectivity index (χ0) is 18.8. The first-order valence-corrected chi connectivity index (χ1v) is 8.85. The van der Waals surface area contributed by atoms with Gasteiger partial charge in [0.05, 0.1) is 14.2 Å². The van der Waals surface area contributed by atoms with Gasteiger partial charge in [0.1, 0.15) is 0 Å². The quantitative estimate of drug-likeness (QED) is 0.609. The van der Waals surface area contributed by atoms with E-state index in [0.29, 0.717) is 11.5 Å². The summed E-state index contributed by atoms with van der Waals surface area (Å²) in [5.74, 6) is 1.32. The Labute approximate surface area is 158 Å². The maximum absolute atomic E-state index is 13.1. The van der Waals surface area contributed by atoms with Crippen molar-refractivity contribution in [2.75, 3.05) is 14.2 Å². The van der Waals surface area contributed by atoms with Gasteiger partial charge >= 0.3 is 0 Å². The van der Waals surface area contributed by atoms with Gasteiger partial charge in [-0.3, -0.25) is 4.79 Å². The fraction of sp³-hybridized carbons (Fsp3) is 0.125. The van der Waals surface area contributed by atoms with E-state index in [1.807, 2.05) is 66.7 Å². The van der Waals surface area contributed by atoms with Gasteiger partial charge in [0, 0.05) is 17.1 Å². The molecule has 0 N–H and O–H groups in total. The molecule has 0 aromatic heterocycles. The Kier molecular flexibility index (Phi) is 4.51. The first kappa shape index (κ1) is 17.1. The van der Waals surface area contributed by atoms with Gasteiger partial charge in [-0.15, -0.1) is 0 Å². The minimum Gasteiger partial charge on any atom is -0.493 e. The second kappa shape index (κ2) is 7.12. The molecule has 0 bridgehead atoms. The van der Waals surface area contributed by atoms with Crippen LogP contribution in [0.3, 0.4) is 0 Å². The van der Waals surface area contributed by atoms with E-state index < -0.39 is 0 Å². The highest BCUT2D eigenvalue weighted by Gasteiger charge is 2.35. The number of allylic oxidation sites excluding steroid dienone is 1. The zero-order valence-corrected chi connectivity index (χ0v) is 15.3. The fourth-order valence-corrected chi connectivity index (χ4v) is 3.69. The second-order valence-corrected chi connectivity index (χ2v) is 6.47. The van der Waals surface area contributed by atoms with Crippen LogP contribution in [0.15, 0.2) is 78.4 Å². The molecule has 1 aliphatic rings. The molecule has 0 aliphatic heterocycles. The molecule has 0 saturated heterocycles. The van der Waals surface area contributed by atoms with Crippen LogP contribution in [0.1, 0.15) is 33.0 Å². The highest BCUT2D eigenvalue weighted by atomic mass is 16.5. The van der Waals surface area contributed by atoms with Crippen molar-refractivity contribution in [2.24, 2.45) is 0 Å². The smallest absolute Gasteiger partial charge is 0.190 e. The molecule has 134 valence electrons. The van der Waals surface area contributed by atoms with Crippen molar-refractivity contribution in [2.45, 2.75) is 5.92 Å². The van der Waals surface area contributed by atoms with Crippen molar-refractivity contribution in [3.63, 3.8) is 0 Å². The molecule has 0 spiro atoms. The summed E-state index contributed by atoms with van der Waals surface area (Å²) in [5, 5.41) is 0. The lowest BCUT2D eigenvalue weighted by molar-refractivity contribution is 0.103. The number of carbonyl (C=O) groups excluding carboxylic acids is 1. The molecule has 1 atom stereocenters. The summed E-state index contributed by atoms with van der Waals surface area (Å²) in [6.45, 7) is 0. The summed E-state index contributed by atoms with van der Waals surface area (Å²) < 4.78 is 10.7. The number of ketones is 1. The van der Waals surface area contributed by atoms with Crippen molar-refractivity contribution >= 4 is 11.9 Å². The zero-order valence-electron chi connectivity index (χ0n) is 15.3. The van der Waals surface area contributed by atoms with Crippen LogP contribution in [0.2, 0.25) is 0 Å². The molecule has 0 amide bonds. The molecule has 1 unspecified atom stereocenters. The number of fused-ring (bicyclic) bond motifs is 1. The van der Waals surface area contributed by atoms with E-state index in [2.05, 4.69) is 12.1 Å². The van der Waals surface area contributed by atoms with E-state index in [1.54, 1.807) is 14.2 Å². The number of methoxy groups -OCH3 is 2. The SMILES string of the molecule is COc1ccc(/C=C2\C(=O)c3ccccc3C2c2ccccc2)cc1OC. The van der Waals surface area contributed by atoms with E-state index in [1.165, 1.54) is 0 Å². The van der Waals surface area contributed by atoms with Crippen LogP contribution in [0.4, 0.5) is 0 Å². The Bertz CT molecular complexity index is 1020. The molecule has 0 heterocycles. The summed E-state index contributed by atoms with van der Waals surface area (Å²) in [6.07, 6.45) is 1.96. The molecule has 3 nitrogen and oxygen atoms in total. The minimum absolute atomic E-state index is 0.0667. The molecular weight excluding hydrogens is 336 g/mol. The molecule has 3 aromatic carbocycles. The normalized spacial score (nSPS) is 17.0. The highest BCUT2D eigenvalue weighted by molar-refractivity contribution is 6.17. The largest absolute Gasteiger partial charge is 0.493 e. The first-order chi connectivity index (χ1) is 13.2. The van der Waals surface area contributed by atoms with Crippen molar-refractivity contribution in [3.8, 4) is 11.5 Å². The lowest BCUT2D eigenvalue weighted by Crippen LogP contribution is -2.02. The lowest BCUT2D eigenvalue weighted by Gasteiger charge is -2.14. The van der Waals surface area contributed by atoms with E-state index >= 15 is 0 Å². The highest BCUT2D eigenvalue weighted by Crippen LogP contribution is 2.43. The first-order valence-electron chi connectivity index (χ1n) is 8.85. The molecule has 0 fully saturated rings. The fourth-order valence-electron chi connectivity index (χ4n) is 3.69. The van der Waals surface area contributed by atoms with Gasteiger partial charge in [-0.1, -0.05) is 60.7 Å².